The number of alkyl halides is 4. The Kier molecular flexibility index (Phi) is 3.90. The van der Waals surface area contributed by atoms with E-state index in [1.807, 2.05) is 0 Å². The average molecular weight is 284 g/mol. The van der Waals surface area contributed by atoms with Gasteiger partial charge in [0.2, 0.25) is 5.95 Å². The second-order valence-electron chi connectivity index (χ2n) is 2.85. The predicted molar refractivity (Wildman–Crippen MR) is 54.1 cm³/mol. The van der Waals surface area contributed by atoms with Crippen molar-refractivity contribution < 1.29 is 13.2 Å². The van der Waals surface area contributed by atoms with Gasteiger partial charge in [0.1, 0.15) is 5.69 Å². The molecule has 0 unspecified atom stereocenters. The fourth-order valence-electron chi connectivity index (χ4n) is 0.917. The maximum Gasteiger partial charge on any atom is 0.433 e. The van der Waals surface area contributed by atoms with Crippen molar-refractivity contribution in [3.8, 4) is 0 Å². The maximum atomic E-state index is 12.3. The molecule has 0 aliphatic carbocycles. The zero-order chi connectivity index (χ0) is 11.5. The van der Waals surface area contributed by atoms with Crippen molar-refractivity contribution in [2.75, 3.05) is 23.8 Å². The van der Waals surface area contributed by atoms with Gasteiger partial charge in [-0.25, -0.2) is 9.97 Å². The molecule has 0 spiro atoms. The summed E-state index contributed by atoms with van der Waals surface area (Å²) >= 11 is 3.19. The second-order valence-corrected chi connectivity index (χ2v) is 3.64. The lowest BCUT2D eigenvalue weighted by Gasteiger charge is -2.16. The highest BCUT2D eigenvalue weighted by atomic mass is 79.9. The zero-order valence-electron chi connectivity index (χ0n) is 7.92. The van der Waals surface area contributed by atoms with E-state index in [2.05, 4.69) is 25.9 Å². The fourth-order valence-corrected chi connectivity index (χ4v) is 1.45. The van der Waals surface area contributed by atoms with Crippen molar-refractivity contribution in [3.63, 3.8) is 0 Å². The Morgan fingerprint density at radius 3 is 2.67 bits per heavy atom. The van der Waals surface area contributed by atoms with Crippen molar-refractivity contribution in [1.29, 1.82) is 0 Å². The SMILES string of the molecule is CN(CCBr)c1nccc(C(F)(F)F)n1. The van der Waals surface area contributed by atoms with E-state index >= 15 is 0 Å². The number of hydrogen-bond acceptors (Lipinski definition) is 3. The molecule has 0 aliphatic rings. The van der Waals surface area contributed by atoms with Crippen molar-refractivity contribution in [2.45, 2.75) is 6.18 Å². The molecule has 0 bridgehead atoms. The minimum atomic E-state index is -4.42. The molecule has 1 rings (SSSR count). The third-order valence-corrected chi connectivity index (χ3v) is 2.05. The summed E-state index contributed by atoms with van der Waals surface area (Å²) in [6, 6.07) is 0.853. The van der Waals surface area contributed by atoms with Crippen LogP contribution in [0.1, 0.15) is 5.69 Å². The molecular formula is C8H9BrF3N3. The molecule has 0 radical (unpaired) electrons. The Labute approximate surface area is 93.5 Å². The minimum absolute atomic E-state index is 0.0734. The lowest BCUT2D eigenvalue weighted by molar-refractivity contribution is -0.141. The smallest absolute Gasteiger partial charge is 0.343 e. The van der Waals surface area contributed by atoms with Crippen molar-refractivity contribution in [1.82, 2.24) is 9.97 Å². The maximum absolute atomic E-state index is 12.3. The Morgan fingerprint density at radius 1 is 1.47 bits per heavy atom. The number of halogens is 4. The van der Waals surface area contributed by atoms with Gasteiger partial charge in [0.05, 0.1) is 0 Å². The number of rotatable bonds is 3. The first-order valence-corrected chi connectivity index (χ1v) is 5.24. The summed E-state index contributed by atoms with van der Waals surface area (Å²) in [5, 5.41) is 0.642. The van der Waals surface area contributed by atoms with E-state index in [0.29, 0.717) is 11.9 Å². The molecule has 0 aliphatic heterocycles. The van der Waals surface area contributed by atoms with Crippen LogP contribution in [0.2, 0.25) is 0 Å². The van der Waals surface area contributed by atoms with Crippen LogP contribution in [0.4, 0.5) is 19.1 Å². The van der Waals surface area contributed by atoms with E-state index in [4.69, 9.17) is 0 Å². The summed E-state index contributed by atoms with van der Waals surface area (Å²) in [5.41, 5.74) is -0.922. The van der Waals surface area contributed by atoms with Gasteiger partial charge in [-0.05, 0) is 6.07 Å². The Morgan fingerprint density at radius 2 is 2.13 bits per heavy atom. The summed E-state index contributed by atoms with van der Waals surface area (Å²) in [5.74, 6) is 0.0734. The number of hydrogen-bond donors (Lipinski definition) is 0. The van der Waals surface area contributed by atoms with Gasteiger partial charge in [-0.15, -0.1) is 0 Å². The molecule has 15 heavy (non-hydrogen) atoms. The highest BCUT2D eigenvalue weighted by Crippen LogP contribution is 2.27. The van der Waals surface area contributed by atoms with Gasteiger partial charge in [-0.1, -0.05) is 15.9 Å². The molecule has 0 saturated carbocycles. The summed E-state index contributed by atoms with van der Waals surface area (Å²) in [6.07, 6.45) is -3.32. The van der Waals surface area contributed by atoms with Gasteiger partial charge >= 0.3 is 6.18 Å². The van der Waals surface area contributed by atoms with Gasteiger partial charge in [0.15, 0.2) is 0 Å². The molecule has 0 fully saturated rings. The van der Waals surface area contributed by atoms with E-state index in [9.17, 15) is 13.2 Å². The molecule has 84 valence electrons. The van der Waals surface area contributed by atoms with Gasteiger partial charge < -0.3 is 4.90 Å². The van der Waals surface area contributed by atoms with E-state index in [1.165, 1.54) is 0 Å². The first kappa shape index (κ1) is 12.2. The second kappa shape index (κ2) is 4.78. The van der Waals surface area contributed by atoms with Crippen LogP contribution in [0.5, 0.6) is 0 Å². The normalized spacial score (nSPS) is 11.5. The molecule has 0 saturated heterocycles. The molecule has 3 nitrogen and oxygen atoms in total. The van der Waals surface area contributed by atoms with E-state index in [-0.39, 0.29) is 5.95 Å². The average Bonchev–Trinajstić information content (AvgIpc) is 2.17. The molecule has 0 aromatic carbocycles. The standard InChI is InChI=1S/C8H9BrF3N3/c1-15(5-3-9)7-13-4-2-6(14-7)8(10,11)12/h2,4H,3,5H2,1H3. The molecule has 1 heterocycles. The summed E-state index contributed by atoms with van der Waals surface area (Å²) in [6.45, 7) is 0.543. The predicted octanol–water partition coefficient (Wildman–Crippen LogP) is 2.33. The van der Waals surface area contributed by atoms with Crippen molar-refractivity contribution in [2.24, 2.45) is 0 Å². The van der Waals surface area contributed by atoms with Gasteiger partial charge in [-0.2, -0.15) is 13.2 Å². The first-order valence-electron chi connectivity index (χ1n) is 4.12. The van der Waals surface area contributed by atoms with E-state index in [1.54, 1.807) is 11.9 Å². The molecule has 0 N–H and O–H groups in total. The van der Waals surface area contributed by atoms with Crippen LogP contribution >= 0.6 is 15.9 Å². The fraction of sp³-hybridized carbons (Fsp3) is 0.500. The third kappa shape index (κ3) is 3.33. The lowest BCUT2D eigenvalue weighted by Crippen LogP contribution is -2.23. The Hall–Kier alpha value is -0.850. The van der Waals surface area contributed by atoms with Gasteiger partial charge in [-0.3, -0.25) is 0 Å². The first-order chi connectivity index (χ1) is 6.95. The number of anilines is 1. The molecule has 0 amide bonds. The van der Waals surface area contributed by atoms with Crippen molar-refractivity contribution in [3.05, 3.63) is 18.0 Å². The summed E-state index contributed by atoms with van der Waals surface area (Å²) in [7, 11) is 1.64. The summed E-state index contributed by atoms with van der Waals surface area (Å²) in [4.78, 5) is 8.74. The van der Waals surface area contributed by atoms with Gasteiger partial charge in [0, 0.05) is 25.1 Å². The monoisotopic (exact) mass is 283 g/mol. The molecule has 1 aromatic heterocycles. The quantitative estimate of drug-likeness (QED) is 0.798. The molecular weight excluding hydrogens is 275 g/mol. The summed E-state index contributed by atoms with van der Waals surface area (Å²) < 4.78 is 36.9. The lowest BCUT2D eigenvalue weighted by atomic mass is 10.4. The number of aromatic nitrogens is 2. The van der Waals surface area contributed by atoms with Gasteiger partial charge in [0.25, 0.3) is 0 Å². The third-order valence-electron chi connectivity index (χ3n) is 1.69. The van der Waals surface area contributed by atoms with Crippen LogP contribution in [-0.2, 0) is 6.18 Å². The van der Waals surface area contributed by atoms with E-state index in [0.717, 1.165) is 12.3 Å². The van der Waals surface area contributed by atoms with Crippen LogP contribution in [0.15, 0.2) is 12.3 Å². The largest absolute Gasteiger partial charge is 0.433 e. The zero-order valence-corrected chi connectivity index (χ0v) is 9.51. The Bertz CT molecular complexity index is 329. The Balaban J connectivity index is 2.92. The molecule has 0 atom stereocenters. The number of nitrogens with zero attached hydrogens (tertiary/aromatic N) is 3. The highest BCUT2D eigenvalue weighted by molar-refractivity contribution is 9.09. The van der Waals surface area contributed by atoms with E-state index < -0.39 is 11.9 Å². The van der Waals surface area contributed by atoms with Crippen LogP contribution < -0.4 is 4.90 Å². The van der Waals surface area contributed by atoms with Crippen LogP contribution in [0.25, 0.3) is 0 Å². The van der Waals surface area contributed by atoms with Crippen LogP contribution in [-0.4, -0.2) is 28.9 Å². The van der Waals surface area contributed by atoms with Crippen molar-refractivity contribution >= 4 is 21.9 Å². The molecule has 7 heteroatoms. The molecule has 1 aromatic rings. The topological polar surface area (TPSA) is 29.0 Å². The minimum Gasteiger partial charge on any atom is -0.343 e. The highest BCUT2D eigenvalue weighted by Gasteiger charge is 2.32. The van der Waals surface area contributed by atoms with Crippen LogP contribution in [0, 0.1) is 0 Å². The van der Waals surface area contributed by atoms with Crippen LogP contribution in [0.3, 0.4) is 0 Å².